The van der Waals surface area contributed by atoms with Gasteiger partial charge in [-0.3, -0.25) is 4.79 Å². The molecular weight excluding hydrogens is 304 g/mol. The molecule has 7 nitrogen and oxygen atoms in total. The quantitative estimate of drug-likeness (QED) is 0.899. The average molecular weight is 326 g/mol. The van der Waals surface area contributed by atoms with Gasteiger partial charge >= 0.3 is 0 Å². The van der Waals surface area contributed by atoms with Crippen LogP contribution in [0.3, 0.4) is 0 Å². The summed E-state index contributed by atoms with van der Waals surface area (Å²) in [5.41, 5.74) is 0. The van der Waals surface area contributed by atoms with E-state index >= 15 is 0 Å². The first-order valence-electron chi connectivity index (χ1n) is 8.54. The largest absolute Gasteiger partial charge is 0.356 e. The van der Waals surface area contributed by atoms with Crippen LogP contribution >= 0.6 is 0 Å². The second kappa shape index (κ2) is 6.22. The Bertz CT molecular complexity index is 711. The third kappa shape index (κ3) is 2.98. The molecule has 2 aromatic heterocycles. The molecule has 1 amide bonds. The lowest BCUT2D eigenvalue weighted by Crippen LogP contribution is -2.35. The summed E-state index contributed by atoms with van der Waals surface area (Å²) >= 11 is 0. The van der Waals surface area contributed by atoms with Gasteiger partial charge in [-0.1, -0.05) is 13.0 Å². The van der Waals surface area contributed by atoms with Gasteiger partial charge in [0.05, 0.1) is 12.5 Å². The number of aromatic nitrogens is 4. The Labute approximate surface area is 141 Å². The Balaban J connectivity index is 1.37. The SMILES string of the molecule is C[C@@H]1CN(c2ccccn2)C[C@H]1C(=O)NCc1nncn1C1CC1. The number of amides is 1. The van der Waals surface area contributed by atoms with E-state index in [1.165, 1.54) is 12.8 Å². The van der Waals surface area contributed by atoms with Gasteiger partial charge in [0.1, 0.15) is 12.1 Å². The molecule has 0 aromatic carbocycles. The van der Waals surface area contributed by atoms with Gasteiger partial charge in [0.2, 0.25) is 5.91 Å². The van der Waals surface area contributed by atoms with Gasteiger partial charge in [-0.2, -0.15) is 0 Å². The molecule has 1 N–H and O–H groups in total. The zero-order valence-corrected chi connectivity index (χ0v) is 13.8. The maximum atomic E-state index is 12.6. The van der Waals surface area contributed by atoms with Crippen LogP contribution in [0.4, 0.5) is 5.82 Å². The predicted molar refractivity (Wildman–Crippen MR) is 89.2 cm³/mol. The highest BCUT2D eigenvalue weighted by Gasteiger charge is 2.35. The van der Waals surface area contributed by atoms with E-state index in [0.29, 0.717) is 25.0 Å². The normalized spacial score (nSPS) is 23.5. The molecule has 2 aliphatic rings. The number of nitrogens with zero attached hydrogens (tertiary/aromatic N) is 5. The smallest absolute Gasteiger partial charge is 0.225 e. The number of pyridine rings is 1. The zero-order valence-electron chi connectivity index (χ0n) is 13.8. The summed E-state index contributed by atoms with van der Waals surface area (Å²) in [6.07, 6.45) is 5.91. The first-order valence-corrected chi connectivity index (χ1v) is 8.54. The van der Waals surface area contributed by atoms with Crippen LogP contribution in [0.2, 0.25) is 0 Å². The van der Waals surface area contributed by atoms with Crippen LogP contribution in [-0.2, 0) is 11.3 Å². The fraction of sp³-hybridized carbons (Fsp3) is 0.529. The maximum Gasteiger partial charge on any atom is 0.225 e. The third-order valence-electron chi connectivity index (χ3n) is 4.93. The Morgan fingerprint density at radius 3 is 2.96 bits per heavy atom. The molecule has 1 saturated heterocycles. The standard InChI is InChI=1S/C17H22N6O/c1-12-9-22(15-4-2-3-7-18-15)10-14(12)17(24)19-8-16-21-20-11-23(16)13-5-6-13/h2-4,7,11-14H,5-6,8-10H2,1H3,(H,19,24)/t12-,14-/m1/s1. The van der Waals surface area contributed by atoms with Crippen LogP contribution in [0.5, 0.6) is 0 Å². The van der Waals surface area contributed by atoms with Crippen molar-refractivity contribution in [1.29, 1.82) is 0 Å². The van der Waals surface area contributed by atoms with Gasteiger partial charge in [-0.05, 0) is 30.9 Å². The molecule has 1 aliphatic carbocycles. The van der Waals surface area contributed by atoms with Crippen LogP contribution in [0, 0.1) is 11.8 Å². The zero-order chi connectivity index (χ0) is 16.5. The van der Waals surface area contributed by atoms with Gasteiger partial charge < -0.3 is 14.8 Å². The number of carbonyl (C=O) groups excluding carboxylic acids is 1. The second-order valence-electron chi connectivity index (χ2n) is 6.78. The number of anilines is 1. The highest BCUT2D eigenvalue weighted by atomic mass is 16.2. The van der Waals surface area contributed by atoms with E-state index in [1.807, 2.05) is 18.2 Å². The Kier molecular flexibility index (Phi) is 3.92. The fourth-order valence-corrected chi connectivity index (χ4v) is 3.38. The number of hydrogen-bond donors (Lipinski definition) is 1. The molecule has 0 radical (unpaired) electrons. The van der Waals surface area contributed by atoms with E-state index in [2.05, 4.69) is 36.9 Å². The molecule has 3 heterocycles. The van der Waals surface area contributed by atoms with Crippen molar-refractivity contribution in [2.24, 2.45) is 11.8 Å². The van der Waals surface area contributed by atoms with Crippen molar-refractivity contribution < 1.29 is 4.79 Å². The molecule has 2 fully saturated rings. The Hall–Kier alpha value is -2.44. The summed E-state index contributed by atoms with van der Waals surface area (Å²) in [6.45, 7) is 4.13. The van der Waals surface area contributed by atoms with Crippen LogP contribution in [0.25, 0.3) is 0 Å². The Morgan fingerprint density at radius 2 is 2.21 bits per heavy atom. The fourth-order valence-electron chi connectivity index (χ4n) is 3.38. The Morgan fingerprint density at radius 1 is 1.33 bits per heavy atom. The predicted octanol–water partition coefficient (Wildman–Crippen LogP) is 1.40. The van der Waals surface area contributed by atoms with Crippen LogP contribution in [0.1, 0.15) is 31.6 Å². The van der Waals surface area contributed by atoms with E-state index in [0.717, 1.165) is 18.2 Å². The number of carbonyl (C=O) groups is 1. The summed E-state index contributed by atoms with van der Waals surface area (Å²) in [6, 6.07) is 6.40. The van der Waals surface area contributed by atoms with Crippen molar-refractivity contribution in [2.45, 2.75) is 32.4 Å². The van der Waals surface area contributed by atoms with E-state index in [9.17, 15) is 4.79 Å². The van der Waals surface area contributed by atoms with Gasteiger partial charge in [-0.25, -0.2) is 4.98 Å². The van der Waals surface area contributed by atoms with E-state index in [1.54, 1.807) is 12.5 Å². The first kappa shape index (κ1) is 15.1. The molecule has 126 valence electrons. The van der Waals surface area contributed by atoms with E-state index in [-0.39, 0.29) is 11.8 Å². The average Bonchev–Trinajstić information content (AvgIpc) is 3.21. The van der Waals surface area contributed by atoms with Crippen LogP contribution in [0.15, 0.2) is 30.7 Å². The minimum absolute atomic E-state index is 0.0238. The summed E-state index contributed by atoms with van der Waals surface area (Å²) in [7, 11) is 0. The molecule has 1 aliphatic heterocycles. The summed E-state index contributed by atoms with van der Waals surface area (Å²) in [5, 5.41) is 11.1. The molecule has 24 heavy (non-hydrogen) atoms. The van der Waals surface area contributed by atoms with Crippen LogP contribution in [-0.4, -0.2) is 38.7 Å². The molecule has 0 unspecified atom stereocenters. The minimum Gasteiger partial charge on any atom is -0.356 e. The highest BCUT2D eigenvalue weighted by molar-refractivity contribution is 5.80. The van der Waals surface area contributed by atoms with Crippen molar-refractivity contribution >= 4 is 11.7 Å². The third-order valence-corrected chi connectivity index (χ3v) is 4.93. The molecular formula is C17H22N6O. The molecule has 4 rings (SSSR count). The monoisotopic (exact) mass is 326 g/mol. The van der Waals surface area contributed by atoms with E-state index in [4.69, 9.17) is 0 Å². The van der Waals surface area contributed by atoms with Gasteiger partial charge in [0, 0.05) is 25.3 Å². The minimum atomic E-state index is -0.0238. The molecule has 7 heteroatoms. The molecule has 1 saturated carbocycles. The molecule has 0 bridgehead atoms. The van der Waals surface area contributed by atoms with Gasteiger partial charge in [-0.15, -0.1) is 10.2 Å². The summed E-state index contributed by atoms with van der Waals surface area (Å²) < 4.78 is 2.08. The molecule has 2 atom stereocenters. The van der Waals surface area contributed by atoms with Crippen molar-refractivity contribution in [3.8, 4) is 0 Å². The topological polar surface area (TPSA) is 75.9 Å². The van der Waals surface area contributed by atoms with Crippen molar-refractivity contribution in [3.63, 3.8) is 0 Å². The lowest BCUT2D eigenvalue weighted by atomic mass is 9.97. The summed E-state index contributed by atoms with van der Waals surface area (Å²) in [5.74, 6) is 2.15. The van der Waals surface area contributed by atoms with Crippen molar-refractivity contribution in [2.75, 3.05) is 18.0 Å². The van der Waals surface area contributed by atoms with Gasteiger partial charge in [0.25, 0.3) is 0 Å². The highest BCUT2D eigenvalue weighted by Crippen LogP contribution is 2.35. The second-order valence-corrected chi connectivity index (χ2v) is 6.78. The summed E-state index contributed by atoms with van der Waals surface area (Å²) in [4.78, 5) is 19.2. The lowest BCUT2D eigenvalue weighted by molar-refractivity contribution is -0.125. The van der Waals surface area contributed by atoms with Crippen molar-refractivity contribution in [3.05, 3.63) is 36.5 Å². The van der Waals surface area contributed by atoms with Crippen molar-refractivity contribution in [1.82, 2.24) is 25.1 Å². The van der Waals surface area contributed by atoms with Gasteiger partial charge in [0.15, 0.2) is 5.82 Å². The lowest BCUT2D eigenvalue weighted by Gasteiger charge is -2.17. The van der Waals surface area contributed by atoms with E-state index < -0.39 is 0 Å². The number of rotatable bonds is 5. The number of hydrogen-bond acceptors (Lipinski definition) is 5. The number of nitrogens with one attached hydrogen (secondary N) is 1. The maximum absolute atomic E-state index is 12.6. The molecule has 2 aromatic rings. The van der Waals surface area contributed by atoms with Crippen LogP contribution < -0.4 is 10.2 Å². The molecule has 0 spiro atoms. The first-order chi connectivity index (χ1) is 11.7.